The Morgan fingerprint density at radius 1 is 1.29 bits per heavy atom. The first-order chi connectivity index (χ1) is 9.90. The number of carbonyl (C=O) groups is 1. The van der Waals surface area contributed by atoms with E-state index in [0.717, 1.165) is 5.56 Å². The number of hydrogen-bond acceptors (Lipinski definition) is 3. The van der Waals surface area contributed by atoms with Crippen molar-refractivity contribution < 1.29 is 22.7 Å². The van der Waals surface area contributed by atoms with E-state index < -0.39 is 12.6 Å². The Kier molecular flexibility index (Phi) is 7.18. The highest BCUT2D eigenvalue weighted by Crippen LogP contribution is 2.19. The molecule has 0 unspecified atom stereocenters. The van der Waals surface area contributed by atoms with Crippen LogP contribution in [0.15, 0.2) is 24.3 Å². The zero-order valence-corrected chi connectivity index (χ0v) is 11.6. The second kappa shape index (κ2) is 8.63. The van der Waals surface area contributed by atoms with Crippen molar-refractivity contribution in [2.45, 2.75) is 32.0 Å². The third-order valence-corrected chi connectivity index (χ3v) is 2.67. The monoisotopic (exact) mass is 304 g/mol. The topological polar surface area (TPSA) is 64.3 Å². The summed E-state index contributed by atoms with van der Waals surface area (Å²) < 4.78 is 40.4. The van der Waals surface area contributed by atoms with Gasteiger partial charge in [-0.05, 0) is 24.1 Å². The fourth-order valence-electron chi connectivity index (χ4n) is 1.62. The van der Waals surface area contributed by atoms with E-state index in [1.165, 1.54) is 0 Å². The van der Waals surface area contributed by atoms with E-state index >= 15 is 0 Å². The van der Waals surface area contributed by atoms with Crippen LogP contribution in [0.2, 0.25) is 0 Å². The van der Waals surface area contributed by atoms with Crippen LogP contribution in [0.4, 0.5) is 18.9 Å². The van der Waals surface area contributed by atoms with Gasteiger partial charge in [0.1, 0.15) is 0 Å². The third kappa shape index (κ3) is 8.31. The fraction of sp³-hybridized carbons (Fsp3) is 0.500. The van der Waals surface area contributed by atoms with Gasteiger partial charge in [-0.3, -0.25) is 4.79 Å². The molecule has 0 saturated carbocycles. The number of benzene rings is 1. The summed E-state index contributed by atoms with van der Waals surface area (Å²) in [7, 11) is 0. The number of anilines is 1. The van der Waals surface area contributed by atoms with E-state index in [1.807, 2.05) is 6.07 Å². The molecule has 1 aromatic rings. The van der Waals surface area contributed by atoms with Crippen molar-refractivity contribution in [2.24, 2.45) is 5.73 Å². The first-order valence-corrected chi connectivity index (χ1v) is 6.64. The summed E-state index contributed by atoms with van der Waals surface area (Å²) in [5, 5.41) is 2.70. The summed E-state index contributed by atoms with van der Waals surface area (Å²) in [5.41, 5.74) is 7.06. The SMILES string of the molecule is NCc1cccc(NC(=O)CCCOCCC(F)(F)F)c1. The smallest absolute Gasteiger partial charge is 0.381 e. The molecule has 0 atom stereocenters. The number of hydrogen-bond donors (Lipinski definition) is 2. The number of halogens is 3. The average molecular weight is 304 g/mol. The van der Waals surface area contributed by atoms with Crippen molar-refractivity contribution in [3.8, 4) is 0 Å². The molecular weight excluding hydrogens is 285 g/mol. The molecule has 0 fully saturated rings. The molecule has 7 heteroatoms. The van der Waals surface area contributed by atoms with Crippen LogP contribution in [0.3, 0.4) is 0 Å². The van der Waals surface area contributed by atoms with Gasteiger partial charge in [-0.15, -0.1) is 0 Å². The lowest BCUT2D eigenvalue weighted by Crippen LogP contribution is -2.14. The van der Waals surface area contributed by atoms with Gasteiger partial charge in [-0.1, -0.05) is 12.1 Å². The molecule has 3 N–H and O–H groups in total. The number of nitrogens with two attached hydrogens (primary N) is 1. The number of alkyl halides is 3. The summed E-state index contributed by atoms with van der Waals surface area (Å²) >= 11 is 0. The zero-order valence-electron chi connectivity index (χ0n) is 11.6. The van der Waals surface area contributed by atoms with Gasteiger partial charge in [0, 0.05) is 25.3 Å². The minimum absolute atomic E-state index is 0.131. The average Bonchev–Trinajstić information content (AvgIpc) is 2.41. The van der Waals surface area contributed by atoms with Gasteiger partial charge in [-0.2, -0.15) is 13.2 Å². The molecule has 0 aliphatic rings. The molecule has 0 aliphatic heterocycles. The standard InChI is InChI=1S/C14H19F3N2O2/c15-14(16,17)6-8-21-7-2-5-13(20)19-12-4-1-3-11(9-12)10-18/h1,3-4,9H,2,5-8,10,18H2,(H,19,20). The molecule has 1 rings (SSSR count). The van der Waals surface area contributed by atoms with Crippen LogP contribution in [0.1, 0.15) is 24.8 Å². The van der Waals surface area contributed by atoms with Crippen LogP contribution in [0.25, 0.3) is 0 Å². The molecule has 0 aromatic heterocycles. The van der Waals surface area contributed by atoms with Gasteiger partial charge in [0.05, 0.1) is 13.0 Å². The molecule has 1 aromatic carbocycles. The normalized spacial score (nSPS) is 11.4. The number of carbonyl (C=O) groups excluding carboxylic acids is 1. The molecule has 0 radical (unpaired) electrons. The highest BCUT2D eigenvalue weighted by molar-refractivity contribution is 5.90. The van der Waals surface area contributed by atoms with E-state index in [2.05, 4.69) is 5.32 Å². The molecule has 0 aliphatic carbocycles. The third-order valence-electron chi connectivity index (χ3n) is 2.67. The van der Waals surface area contributed by atoms with Gasteiger partial charge >= 0.3 is 6.18 Å². The molecule has 4 nitrogen and oxygen atoms in total. The predicted molar refractivity (Wildman–Crippen MR) is 73.7 cm³/mol. The van der Waals surface area contributed by atoms with E-state index in [1.54, 1.807) is 18.2 Å². The summed E-state index contributed by atoms with van der Waals surface area (Å²) in [6.07, 6.45) is -4.60. The molecule has 1 amide bonds. The number of amides is 1. The van der Waals surface area contributed by atoms with Crippen LogP contribution in [-0.2, 0) is 16.1 Å². The molecule has 21 heavy (non-hydrogen) atoms. The quantitative estimate of drug-likeness (QED) is 0.726. The highest BCUT2D eigenvalue weighted by atomic mass is 19.4. The molecule has 0 heterocycles. The van der Waals surface area contributed by atoms with Crippen molar-refractivity contribution in [3.05, 3.63) is 29.8 Å². The van der Waals surface area contributed by atoms with Crippen LogP contribution < -0.4 is 11.1 Å². The lowest BCUT2D eigenvalue weighted by molar-refractivity contribution is -0.145. The number of rotatable bonds is 8. The minimum Gasteiger partial charge on any atom is -0.381 e. The van der Waals surface area contributed by atoms with E-state index in [9.17, 15) is 18.0 Å². The van der Waals surface area contributed by atoms with Crippen LogP contribution >= 0.6 is 0 Å². The largest absolute Gasteiger partial charge is 0.391 e. The van der Waals surface area contributed by atoms with Crippen LogP contribution in [-0.4, -0.2) is 25.3 Å². The molecule has 118 valence electrons. The van der Waals surface area contributed by atoms with Crippen LogP contribution in [0, 0.1) is 0 Å². The Hall–Kier alpha value is -1.60. The minimum atomic E-state index is -4.20. The summed E-state index contributed by atoms with van der Waals surface area (Å²) in [6.45, 7) is 0.146. The second-order valence-corrected chi connectivity index (χ2v) is 4.53. The maximum atomic E-state index is 11.8. The highest BCUT2D eigenvalue weighted by Gasteiger charge is 2.26. The molecule has 0 spiro atoms. The number of ether oxygens (including phenoxy) is 1. The van der Waals surface area contributed by atoms with E-state index in [4.69, 9.17) is 10.5 Å². The molecule has 0 bridgehead atoms. The van der Waals surface area contributed by atoms with Crippen molar-refractivity contribution >= 4 is 11.6 Å². The summed E-state index contributed by atoms with van der Waals surface area (Å²) in [5.74, 6) is -0.205. The first-order valence-electron chi connectivity index (χ1n) is 6.64. The van der Waals surface area contributed by atoms with Gasteiger partial charge in [-0.25, -0.2) is 0 Å². The maximum Gasteiger partial charge on any atom is 0.391 e. The Bertz CT molecular complexity index is 450. The van der Waals surface area contributed by atoms with Crippen molar-refractivity contribution in [1.29, 1.82) is 0 Å². The lowest BCUT2D eigenvalue weighted by atomic mass is 10.2. The zero-order chi connectivity index (χ0) is 15.7. The Morgan fingerprint density at radius 3 is 2.71 bits per heavy atom. The molecule has 0 saturated heterocycles. The van der Waals surface area contributed by atoms with E-state index in [0.29, 0.717) is 18.7 Å². The Morgan fingerprint density at radius 2 is 2.05 bits per heavy atom. The van der Waals surface area contributed by atoms with Gasteiger partial charge < -0.3 is 15.8 Å². The predicted octanol–water partition coefficient (Wildman–Crippen LogP) is 2.83. The summed E-state index contributed by atoms with van der Waals surface area (Å²) in [4.78, 5) is 11.6. The van der Waals surface area contributed by atoms with Gasteiger partial charge in [0.15, 0.2) is 0 Å². The fourth-order valence-corrected chi connectivity index (χ4v) is 1.62. The maximum absolute atomic E-state index is 11.8. The second-order valence-electron chi connectivity index (χ2n) is 4.53. The van der Waals surface area contributed by atoms with Gasteiger partial charge in [0.25, 0.3) is 0 Å². The van der Waals surface area contributed by atoms with Crippen molar-refractivity contribution in [1.82, 2.24) is 0 Å². The first kappa shape index (κ1) is 17.5. The van der Waals surface area contributed by atoms with Gasteiger partial charge in [0.2, 0.25) is 5.91 Å². The van der Waals surface area contributed by atoms with Crippen molar-refractivity contribution in [3.63, 3.8) is 0 Å². The molecular formula is C14H19F3N2O2. The van der Waals surface area contributed by atoms with Crippen molar-refractivity contribution in [2.75, 3.05) is 18.5 Å². The Labute approximate surface area is 121 Å². The Balaban J connectivity index is 2.16. The lowest BCUT2D eigenvalue weighted by Gasteiger charge is -2.08. The summed E-state index contributed by atoms with van der Waals surface area (Å²) in [6, 6.07) is 7.16. The number of nitrogens with one attached hydrogen (secondary N) is 1. The van der Waals surface area contributed by atoms with E-state index in [-0.39, 0.29) is 25.5 Å². The van der Waals surface area contributed by atoms with Crippen LogP contribution in [0.5, 0.6) is 0 Å².